The summed E-state index contributed by atoms with van der Waals surface area (Å²) in [4.78, 5) is 11.7. The van der Waals surface area contributed by atoms with Gasteiger partial charge in [-0.2, -0.15) is 13.2 Å². The number of halogens is 3. The van der Waals surface area contributed by atoms with Gasteiger partial charge in [-0.15, -0.1) is 11.3 Å². The third kappa shape index (κ3) is 5.96. The van der Waals surface area contributed by atoms with Crippen molar-refractivity contribution in [2.45, 2.75) is 51.0 Å². The Hall–Kier alpha value is -2.23. The molecule has 1 saturated heterocycles. The van der Waals surface area contributed by atoms with Gasteiger partial charge in [0.05, 0.1) is 11.8 Å². The Morgan fingerprint density at radius 3 is 2.69 bits per heavy atom. The van der Waals surface area contributed by atoms with Gasteiger partial charge in [0.1, 0.15) is 17.0 Å². The van der Waals surface area contributed by atoms with Crippen LogP contribution in [-0.2, 0) is 19.5 Å². The predicted molar refractivity (Wildman–Crippen MR) is 123 cm³/mol. The van der Waals surface area contributed by atoms with E-state index in [2.05, 4.69) is 49.8 Å². The van der Waals surface area contributed by atoms with Crippen LogP contribution >= 0.6 is 11.3 Å². The molecule has 9 heteroatoms. The van der Waals surface area contributed by atoms with Crippen LogP contribution in [0.3, 0.4) is 0 Å². The molecule has 1 atom stereocenters. The molecule has 1 fully saturated rings. The second kappa shape index (κ2) is 10.1. The van der Waals surface area contributed by atoms with Gasteiger partial charge < -0.3 is 15.5 Å². The highest BCUT2D eigenvalue weighted by atomic mass is 32.1. The second-order valence-electron chi connectivity index (χ2n) is 8.27. The van der Waals surface area contributed by atoms with Crippen LogP contribution in [0.2, 0.25) is 0 Å². The molecule has 2 N–H and O–H groups in total. The average Bonchev–Trinajstić information content (AvgIpc) is 2.99. The molecule has 3 heterocycles. The van der Waals surface area contributed by atoms with Gasteiger partial charge in [-0.05, 0) is 43.5 Å². The van der Waals surface area contributed by atoms with E-state index in [-0.39, 0.29) is 4.88 Å². The van der Waals surface area contributed by atoms with E-state index in [1.165, 1.54) is 17.5 Å². The first-order valence-electron chi connectivity index (χ1n) is 10.9. The minimum atomic E-state index is -4.22. The Bertz CT molecular complexity index is 1040. The van der Waals surface area contributed by atoms with Crippen molar-refractivity contribution in [1.29, 1.82) is 0 Å². The van der Waals surface area contributed by atoms with Crippen molar-refractivity contribution in [3.63, 3.8) is 0 Å². The van der Waals surface area contributed by atoms with E-state index < -0.39 is 12.6 Å². The predicted octanol–water partition coefficient (Wildman–Crippen LogP) is 4.66. The topological polar surface area (TPSA) is 53.1 Å². The number of rotatable bonds is 7. The SMILES string of the molecule is CNCc1cccc(CNC2CCCN(c3ncnc4sc(CC(F)(F)F)cc34)CC2)c1. The lowest BCUT2D eigenvalue weighted by atomic mass is 10.1. The average molecular weight is 464 g/mol. The number of hydrogen-bond donors (Lipinski definition) is 2. The molecule has 0 radical (unpaired) electrons. The molecule has 0 spiro atoms. The van der Waals surface area contributed by atoms with Gasteiger partial charge in [0, 0.05) is 37.1 Å². The summed E-state index contributed by atoms with van der Waals surface area (Å²) in [5.41, 5.74) is 2.54. The van der Waals surface area contributed by atoms with Crippen LogP contribution in [0.4, 0.5) is 19.0 Å². The summed E-state index contributed by atoms with van der Waals surface area (Å²) in [5, 5.41) is 7.59. The molecule has 0 amide bonds. The maximum Gasteiger partial charge on any atom is 0.393 e. The van der Waals surface area contributed by atoms with Crippen molar-refractivity contribution >= 4 is 27.4 Å². The Labute approximate surface area is 190 Å². The molecule has 4 rings (SSSR count). The van der Waals surface area contributed by atoms with Crippen LogP contribution in [0.25, 0.3) is 10.2 Å². The van der Waals surface area contributed by atoms with Crippen molar-refractivity contribution in [1.82, 2.24) is 20.6 Å². The smallest absolute Gasteiger partial charge is 0.356 e. The van der Waals surface area contributed by atoms with Gasteiger partial charge in [0.15, 0.2) is 0 Å². The number of nitrogens with zero attached hydrogens (tertiary/aromatic N) is 3. The molecule has 3 aromatic rings. The van der Waals surface area contributed by atoms with E-state index >= 15 is 0 Å². The van der Waals surface area contributed by atoms with E-state index in [1.807, 2.05) is 7.05 Å². The largest absolute Gasteiger partial charge is 0.393 e. The van der Waals surface area contributed by atoms with Crippen molar-refractivity contribution in [3.05, 3.63) is 52.7 Å². The molecule has 1 unspecified atom stereocenters. The highest BCUT2D eigenvalue weighted by molar-refractivity contribution is 7.18. The summed E-state index contributed by atoms with van der Waals surface area (Å²) in [5.74, 6) is 0.750. The van der Waals surface area contributed by atoms with Gasteiger partial charge in [0.2, 0.25) is 0 Å². The number of benzene rings is 1. The van der Waals surface area contributed by atoms with E-state index in [0.717, 1.165) is 68.0 Å². The van der Waals surface area contributed by atoms with Crippen LogP contribution in [0.5, 0.6) is 0 Å². The zero-order valence-electron chi connectivity index (χ0n) is 18.1. The van der Waals surface area contributed by atoms with E-state index in [1.54, 1.807) is 6.07 Å². The minimum Gasteiger partial charge on any atom is -0.356 e. The lowest BCUT2D eigenvalue weighted by Gasteiger charge is -2.22. The number of anilines is 1. The second-order valence-corrected chi connectivity index (χ2v) is 9.38. The summed E-state index contributed by atoms with van der Waals surface area (Å²) < 4.78 is 38.5. The first-order valence-corrected chi connectivity index (χ1v) is 11.7. The molecule has 2 aromatic heterocycles. The summed E-state index contributed by atoms with van der Waals surface area (Å²) in [6, 6.07) is 10.6. The Morgan fingerprint density at radius 2 is 1.91 bits per heavy atom. The fourth-order valence-corrected chi connectivity index (χ4v) is 5.28. The molecule has 1 aliphatic rings. The van der Waals surface area contributed by atoms with Gasteiger partial charge in [-0.1, -0.05) is 24.3 Å². The lowest BCUT2D eigenvalue weighted by molar-refractivity contribution is -0.126. The molecule has 0 bridgehead atoms. The van der Waals surface area contributed by atoms with Crippen LogP contribution in [0, 0.1) is 0 Å². The fourth-order valence-electron chi connectivity index (χ4n) is 4.26. The number of hydrogen-bond acceptors (Lipinski definition) is 6. The van der Waals surface area contributed by atoms with E-state index in [9.17, 15) is 13.2 Å². The Balaban J connectivity index is 1.40. The standard InChI is InChI=1S/C23H28F3N5S/c1-27-13-16-4-2-5-17(10-16)14-28-18-6-3-8-31(9-7-18)21-20-11-19(12-23(24,25)26)32-22(20)30-15-29-21/h2,4-5,10-11,15,18,27-28H,3,6-9,12-14H2,1H3. The molecule has 0 aliphatic carbocycles. The van der Waals surface area contributed by atoms with Crippen LogP contribution in [0.1, 0.15) is 35.3 Å². The summed E-state index contributed by atoms with van der Waals surface area (Å²) in [6.07, 6.45) is -0.657. The van der Waals surface area contributed by atoms with E-state index in [4.69, 9.17) is 0 Å². The quantitative estimate of drug-likeness (QED) is 0.534. The van der Waals surface area contributed by atoms with Crippen molar-refractivity contribution in [3.8, 4) is 0 Å². The monoisotopic (exact) mass is 463 g/mol. The highest BCUT2D eigenvalue weighted by Gasteiger charge is 2.29. The number of alkyl halides is 3. The van der Waals surface area contributed by atoms with Gasteiger partial charge in [-0.3, -0.25) is 0 Å². The van der Waals surface area contributed by atoms with E-state index in [0.29, 0.717) is 10.9 Å². The third-order valence-corrected chi connectivity index (χ3v) is 6.77. The van der Waals surface area contributed by atoms with Crippen LogP contribution < -0.4 is 15.5 Å². The number of fused-ring (bicyclic) bond motifs is 1. The van der Waals surface area contributed by atoms with Crippen molar-refractivity contribution in [2.75, 3.05) is 25.0 Å². The van der Waals surface area contributed by atoms with Crippen molar-refractivity contribution < 1.29 is 13.2 Å². The zero-order valence-corrected chi connectivity index (χ0v) is 18.9. The zero-order chi connectivity index (χ0) is 22.6. The molecule has 1 aromatic carbocycles. The first-order chi connectivity index (χ1) is 15.4. The van der Waals surface area contributed by atoms with Gasteiger partial charge in [-0.25, -0.2) is 9.97 Å². The number of thiophene rings is 1. The molecule has 32 heavy (non-hydrogen) atoms. The molecule has 5 nitrogen and oxygen atoms in total. The molecule has 172 valence electrons. The number of nitrogens with one attached hydrogen (secondary N) is 2. The van der Waals surface area contributed by atoms with Gasteiger partial charge in [0.25, 0.3) is 0 Å². The van der Waals surface area contributed by atoms with Crippen LogP contribution in [0.15, 0.2) is 36.7 Å². The third-order valence-electron chi connectivity index (χ3n) is 5.73. The maximum absolute atomic E-state index is 12.8. The Morgan fingerprint density at radius 1 is 1.09 bits per heavy atom. The lowest BCUT2D eigenvalue weighted by Crippen LogP contribution is -2.31. The fraction of sp³-hybridized carbons (Fsp3) is 0.478. The van der Waals surface area contributed by atoms with Gasteiger partial charge >= 0.3 is 6.18 Å². The summed E-state index contributed by atoms with van der Waals surface area (Å²) in [7, 11) is 1.95. The number of aromatic nitrogens is 2. The highest BCUT2D eigenvalue weighted by Crippen LogP contribution is 2.34. The van der Waals surface area contributed by atoms with Crippen LogP contribution in [-0.4, -0.2) is 42.3 Å². The normalized spacial score (nSPS) is 17.6. The van der Waals surface area contributed by atoms with Crippen molar-refractivity contribution in [2.24, 2.45) is 0 Å². The molecule has 0 saturated carbocycles. The molecular weight excluding hydrogens is 435 g/mol. The Kier molecular flexibility index (Phi) is 7.27. The molecular formula is C23H28F3N5S. The summed E-state index contributed by atoms with van der Waals surface area (Å²) in [6.45, 7) is 3.33. The first kappa shape index (κ1) is 22.9. The molecule has 1 aliphatic heterocycles. The summed E-state index contributed by atoms with van der Waals surface area (Å²) >= 11 is 1.10. The maximum atomic E-state index is 12.8. The minimum absolute atomic E-state index is 0.282.